The van der Waals surface area contributed by atoms with Crippen LogP contribution in [0.4, 0.5) is 0 Å². The SMILES string of the molecule is CCO.[CH2-]CCC.[Ti]. The molecule has 8 heavy (non-hydrogen) atoms. The molecule has 0 bridgehead atoms. The molecule has 0 rings (SSSR count). The van der Waals surface area contributed by atoms with Gasteiger partial charge < -0.3 is 12.0 Å². The van der Waals surface area contributed by atoms with Crippen molar-refractivity contribution < 1.29 is 26.8 Å². The molecule has 0 aliphatic carbocycles. The summed E-state index contributed by atoms with van der Waals surface area (Å²) in [5, 5.41) is 7.57. The van der Waals surface area contributed by atoms with Gasteiger partial charge in [0.2, 0.25) is 0 Å². The predicted molar refractivity (Wildman–Crippen MR) is 33.0 cm³/mol. The molecule has 0 aliphatic heterocycles. The Morgan fingerprint density at radius 2 is 1.50 bits per heavy atom. The molecule has 0 saturated heterocycles. The Labute approximate surface area is 67.4 Å². The molecule has 0 radical (unpaired) electrons. The minimum Gasteiger partial charge on any atom is -0.397 e. The first kappa shape index (κ1) is 15.9. The molecule has 0 fully saturated rings. The van der Waals surface area contributed by atoms with Crippen molar-refractivity contribution in [1.82, 2.24) is 0 Å². The van der Waals surface area contributed by atoms with Crippen molar-refractivity contribution in [1.29, 1.82) is 0 Å². The standard InChI is InChI=1S/C4H9.C2H6O.Ti/c1-3-4-2;1-2-3;/h1,3-4H2,2H3;3H,2H2,1H3;/q-1;;. The van der Waals surface area contributed by atoms with Gasteiger partial charge in [0.15, 0.2) is 0 Å². The van der Waals surface area contributed by atoms with Crippen LogP contribution in [0.2, 0.25) is 0 Å². The fourth-order valence-electron chi connectivity index (χ4n) is 0. The van der Waals surface area contributed by atoms with Gasteiger partial charge in [-0.25, -0.2) is 0 Å². The first-order chi connectivity index (χ1) is 3.33. The van der Waals surface area contributed by atoms with Gasteiger partial charge in [0.1, 0.15) is 0 Å². The number of rotatable bonds is 1. The summed E-state index contributed by atoms with van der Waals surface area (Å²) in [6.45, 7) is 7.65. The molecule has 0 unspecified atom stereocenters. The maximum atomic E-state index is 7.57. The first-order valence-corrected chi connectivity index (χ1v) is 2.73. The largest absolute Gasteiger partial charge is 0.397 e. The maximum Gasteiger partial charge on any atom is 0.0402 e. The van der Waals surface area contributed by atoms with Crippen molar-refractivity contribution in [2.24, 2.45) is 0 Å². The van der Waals surface area contributed by atoms with Gasteiger partial charge in [-0.15, -0.1) is 0 Å². The Bertz CT molecular complexity index is 16.0. The van der Waals surface area contributed by atoms with E-state index in [4.69, 9.17) is 5.11 Å². The smallest absolute Gasteiger partial charge is 0.0402 e. The van der Waals surface area contributed by atoms with E-state index in [1.165, 1.54) is 6.42 Å². The second-order valence-corrected chi connectivity index (χ2v) is 1.17. The van der Waals surface area contributed by atoms with Gasteiger partial charge in [0.05, 0.1) is 0 Å². The van der Waals surface area contributed by atoms with Gasteiger partial charge in [0, 0.05) is 28.3 Å². The normalized spacial score (nSPS) is 6.00. The van der Waals surface area contributed by atoms with E-state index < -0.39 is 0 Å². The van der Waals surface area contributed by atoms with Gasteiger partial charge in [-0.05, 0) is 6.92 Å². The third kappa shape index (κ3) is 76.7. The minimum atomic E-state index is 0. The summed E-state index contributed by atoms with van der Waals surface area (Å²) in [7, 11) is 0. The molecule has 0 aromatic rings. The zero-order chi connectivity index (χ0) is 6.12. The van der Waals surface area contributed by atoms with Crippen LogP contribution < -0.4 is 0 Å². The van der Waals surface area contributed by atoms with Gasteiger partial charge >= 0.3 is 0 Å². The Morgan fingerprint density at radius 3 is 1.50 bits per heavy atom. The van der Waals surface area contributed by atoms with Crippen LogP contribution in [0.1, 0.15) is 26.7 Å². The molecular weight excluding hydrogens is 136 g/mol. The van der Waals surface area contributed by atoms with Crippen LogP contribution in [0.5, 0.6) is 0 Å². The van der Waals surface area contributed by atoms with Crippen molar-refractivity contribution in [3.63, 3.8) is 0 Å². The van der Waals surface area contributed by atoms with E-state index in [0.717, 1.165) is 6.42 Å². The van der Waals surface area contributed by atoms with E-state index in [1.54, 1.807) is 6.92 Å². The minimum absolute atomic E-state index is 0. The van der Waals surface area contributed by atoms with Crippen molar-refractivity contribution in [3.05, 3.63) is 6.92 Å². The monoisotopic (exact) mass is 151 g/mol. The van der Waals surface area contributed by atoms with Crippen molar-refractivity contribution in [2.45, 2.75) is 26.7 Å². The zero-order valence-corrected chi connectivity index (χ0v) is 7.34. The Hall–Kier alpha value is 0.674. The van der Waals surface area contributed by atoms with Crippen LogP contribution in [-0.4, -0.2) is 11.7 Å². The summed E-state index contributed by atoms with van der Waals surface area (Å²) < 4.78 is 0. The molecule has 0 aliphatic rings. The number of hydrogen-bond donors (Lipinski definition) is 1. The molecule has 0 amide bonds. The zero-order valence-electron chi connectivity index (χ0n) is 5.78. The quantitative estimate of drug-likeness (QED) is 0.446. The van der Waals surface area contributed by atoms with Gasteiger partial charge in [-0.2, -0.15) is 6.42 Å². The van der Waals surface area contributed by atoms with E-state index in [9.17, 15) is 0 Å². The molecule has 1 N–H and O–H groups in total. The summed E-state index contributed by atoms with van der Waals surface area (Å²) in [6.07, 6.45) is 2.28. The van der Waals surface area contributed by atoms with Crippen LogP contribution in [0.15, 0.2) is 0 Å². The van der Waals surface area contributed by atoms with Crippen molar-refractivity contribution in [2.75, 3.05) is 6.61 Å². The molecule has 50 valence electrons. The molecule has 0 heterocycles. The molecule has 2 heteroatoms. The molecule has 0 saturated carbocycles. The Kier molecular flexibility index (Phi) is 50.2. The molecule has 0 atom stereocenters. The average molecular weight is 151 g/mol. The van der Waals surface area contributed by atoms with Crippen LogP contribution in [-0.2, 0) is 21.7 Å². The second kappa shape index (κ2) is 25.3. The van der Waals surface area contributed by atoms with E-state index in [-0.39, 0.29) is 28.3 Å². The number of aliphatic hydroxyl groups is 1. The van der Waals surface area contributed by atoms with E-state index in [0.29, 0.717) is 0 Å². The van der Waals surface area contributed by atoms with Crippen LogP contribution in [0.3, 0.4) is 0 Å². The Morgan fingerprint density at radius 1 is 1.38 bits per heavy atom. The van der Waals surface area contributed by atoms with Gasteiger partial charge in [-0.1, -0.05) is 13.3 Å². The van der Waals surface area contributed by atoms with Crippen LogP contribution in [0, 0.1) is 6.92 Å². The second-order valence-electron chi connectivity index (χ2n) is 1.17. The number of aliphatic hydroxyl groups excluding tert-OH is 1. The van der Waals surface area contributed by atoms with Crippen molar-refractivity contribution in [3.8, 4) is 0 Å². The van der Waals surface area contributed by atoms with Gasteiger partial charge in [-0.3, -0.25) is 0 Å². The number of hydrogen-bond acceptors (Lipinski definition) is 1. The van der Waals surface area contributed by atoms with E-state index >= 15 is 0 Å². The topological polar surface area (TPSA) is 20.2 Å². The van der Waals surface area contributed by atoms with Crippen LogP contribution in [0.25, 0.3) is 0 Å². The summed E-state index contributed by atoms with van der Waals surface area (Å²) in [6, 6.07) is 0. The third-order valence-electron chi connectivity index (χ3n) is 0.354. The van der Waals surface area contributed by atoms with E-state index in [1.807, 2.05) is 0 Å². The molecular formula is C6H15OTi-. The summed E-state index contributed by atoms with van der Waals surface area (Å²) in [5.74, 6) is 0. The molecule has 1 nitrogen and oxygen atoms in total. The van der Waals surface area contributed by atoms with E-state index in [2.05, 4.69) is 13.8 Å². The fraction of sp³-hybridized carbons (Fsp3) is 0.833. The molecule has 0 aromatic heterocycles. The third-order valence-corrected chi connectivity index (χ3v) is 0.354. The summed E-state index contributed by atoms with van der Waals surface area (Å²) >= 11 is 0. The summed E-state index contributed by atoms with van der Waals surface area (Å²) in [4.78, 5) is 0. The summed E-state index contributed by atoms with van der Waals surface area (Å²) in [5.41, 5.74) is 0. The van der Waals surface area contributed by atoms with Crippen LogP contribution >= 0.6 is 0 Å². The average Bonchev–Trinajstić information content (AvgIpc) is 1.69. The Balaban J connectivity index is -0.0000000575. The molecule has 0 aromatic carbocycles. The number of unbranched alkanes of at least 4 members (excludes halogenated alkanes) is 1. The molecule has 0 spiro atoms. The first-order valence-electron chi connectivity index (χ1n) is 2.73. The maximum absolute atomic E-state index is 7.57. The predicted octanol–water partition coefficient (Wildman–Crippen LogP) is 1.62. The van der Waals surface area contributed by atoms with Gasteiger partial charge in [0.25, 0.3) is 0 Å². The fourth-order valence-corrected chi connectivity index (χ4v) is 0. The van der Waals surface area contributed by atoms with Crippen molar-refractivity contribution >= 4 is 0 Å².